The topological polar surface area (TPSA) is 87.0 Å². The third-order valence-electron chi connectivity index (χ3n) is 6.76. The van der Waals surface area contributed by atoms with Gasteiger partial charge >= 0.3 is 5.97 Å². The lowest BCUT2D eigenvalue weighted by molar-refractivity contribution is -0.163. The average molecular weight is 471 g/mol. The summed E-state index contributed by atoms with van der Waals surface area (Å²) in [6.07, 6.45) is 25.7. The molecule has 0 aliphatic heterocycles. The molecule has 196 valence electrons. The van der Waals surface area contributed by atoms with Gasteiger partial charge in [-0.05, 0) is 39.0 Å². The van der Waals surface area contributed by atoms with Crippen molar-refractivity contribution in [1.82, 2.24) is 0 Å². The van der Waals surface area contributed by atoms with E-state index in [2.05, 4.69) is 19.1 Å². The average Bonchev–Trinajstić information content (AvgIpc) is 2.82. The van der Waals surface area contributed by atoms with Crippen LogP contribution in [-0.4, -0.2) is 47.2 Å². The summed E-state index contributed by atoms with van der Waals surface area (Å²) in [6, 6.07) is 0. The van der Waals surface area contributed by atoms with Gasteiger partial charge < -0.3 is 20.1 Å². The van der Waals surface area contributed by atoms with Gasteiger partial charge in [0.1, 0.15) is 6.10 Å². The second kappa shape index (κ2) is 22.9. The van der Waals surface area contributed by atoms with Crippen LogP contribution in [0.5, 0.6) is 0 Å². The van der Waals surface area contributed by atoms with Crippen molar-refractivity contribution in [2.45, 2.75) is 136 Å². The van der Waals surface area contributed by atoms with Crippen LogP contribution in [-0.2, 0) is 9.53 Å². The van der Waals surface area contributed by atoms with Crippen LogP contribution in [0.3, 0.4) is 0 Å². The Balaban J connectivity index is 3.46. The fraction of sp³-hybridized carbons (Fsp3) is 0.893. The standard InChI is InChI=1S/C28H54O5/c1-3-4-5-6-7-8-9-10-11-12-13-14-15-16-17-18-19-20-21-22-27(32)33-26(2)28(23-29,24-30)25-31/h10-11,26,29-31H,3-9,12-25H2,1-2H3/b11-10-. The second-order valence-electron chi connectivity index (χ2n) is 9.72. The van der Waals surface area contributed by atoms with E-state index in [0.29, 0.717) is 6.42 Å². The van der Waals surface area contributed by atoms with Crippen LogP contribution >= 0.6 is 0 Å². The highest BCUT2D eigenvalue weighted by Crippen LogP contribution is 2.23. The summed E-state index contributed by atoms with van der Waals surface area (Å²) >= 11 is 0. The Bertz CT molecular complexity index is 451. The van der Waals surface area contributed by atoms with Crippen LogP contribution in [0.1, 0.15) is 129 Å². The molecule has 0 aromatic rings. The number of carbonyl (C=O) groups is 1. The molecule has 33 heavy (non-hydrogen) atoms. The minimum Gasteiger partial charge on any atom is -0.462 e. The van der Waals surface area contributed by atoms with Crippen molar-refractivity contribution < 1.29 is 24.9 Å². The summed E-state index contributed by atoms with van der Waals surface area (Å²) in [6.45, 7) is 2.59. The van der Waals surface area contributed by atoms with Crippen molar-refractivity contribution in [3.63, 3.8) is 0 Å². The number of carbonyl (C=O) groups excluding carboxylic acids is 1. The number of allylic oxidation sites excluding steroid dienone is 2. The van der Waals surface area contributed by atoms with Gasteiger partial charge in [0.2, 0.25) is 0 Å². The minimum atomic E-state index is -1.18. The molecule has 0 saturated heterocycles. The van der Waals surface area contributed by atoms with Gasteiger partial charge in [0, 0.05) is 6.42 Å². The SMILES string of the molecule is CCCCCCCC/C=C\CCCCCCCCCCCC(=O)OC(C)C(CO)(CO)CO. The van der Waals surface area contributed by atoms with Gasteiger partial charge in [-0.3, -0.25) is 4.79 Å². The molecule has 0 heterocycles. The highest BCUT2D eigenvalue weighted by molar-refractivity contribution is 5.69. The molecular weight excluding hydrogens is 416 g/mol. The van der Waals surface area contributed by atoms with Gasteiger partial charge in [0.15, 0.2) is 0 Å². The summed E-state index contributed by atoms with van der Waals surface area (Å²) in [4.78, 5) is 12.0. The second-order valence-corrected chi connectivity index (χ2v) is 9.72. The Labute approximate surface area is 204 Å². The summed E-state index contributed by atoms with van der Waals surface area (Å²) < 4.78 is 5.30. The maximum absolute atomic E-state index is 12.0. The molecule has 5 heteroatoms. The van der Waals surface area contributed by atoms with Gasteiger partial charge in [-0.2, -0.15) is 0 Å². The summed E-state index contributed by atoms with van der Waals surface area (Å²) in [7, 11) is 0. The smallest absolute Gasteiger partial charge is 0.306 e. The van der Waals surface area contributed by atoms with Gasteiger partial charge in [0.25, 0.3) is 0 Å². The molecule has 3 N–H and O–H groups in total. The van der Waals surface area contributed by atoms with Crippen molar-refractivity contribution in [3.05, 3.63) is 12.2 Å². The van der Waals surface area contributed by atoms with Crippen LogP contribution in [0.4, 0.5) is 0 Å². The molecule has 5 nitrogen and oxygen atoms in total. The first-order valence-corrected chi connectivity index (χ1v) is 13.7. The molecule has 0 fully saturated rings. The molecule has 1 unspecified atom stereocenters. The fourth-order valence-electron chi connectivity index (χ4n) is 3.96. The normalized spacial score (nSPS) is 13.0. The molecule has 0 aromatic heterocycles. The number of ether oxygens (including phenoxy) is 1. The lowest BCUT2D eigenvalue weighted by Gasteiger charge is -2.33. The predicted molar refractivity (Wildman–Crippen MR) is 137 cm³/mol. The van der Waals surface area contributed by atoms with E-state index in [1.807, 2.05) is 0 Å². The van der Waals surface area contributed by atoms with E-state index >= 15 is 0 Å². The Morgan fingerprint density at radius 3 is 1.52 bits per heavy atom. The third kappa shape index (κ3) is 17.2. The molecule has 0 amide bonds. The first kappa shape index (κ1) is 32.1. The highest BCUT2D eigenvalue weighted by Gasteiger charge is 2.37. The molecule has 0 radical (unpaired) electrons. The lowest BCUT2D eigenvalue weighted by atomic mass is 9.85. The first-order valence-electron chi connectivity index (χ1n) is 13.7. The summed E-state index contributed by atoms with van der Waals surface area (Å²) in [5.41, 5.74) is -1.18. The zero-order valence-corrected chi connectivity index (χ0v) is 21.7. The molecule has 0 spiro atoms. The molecule has 0 aliphatic rings. The van der Waals surface area contributed by atoms with Crippen molar-refractivity contribution in [1.29, 1.82) is 0 Å². The Hall–Kier alpha value is -0.910. The highest BCUT2D eigenvalue weighted by atomic mass is 16.5. The molecule has 0 rings (SSSR count). The van der Waals surface area contributed by atoms with Crippen LogP contribution in [0.25, 0.3) is 0 Å². The molecule has 0 aliphatic carbocycles. The largest absolute Gasteiger partial charge is 0.462 e. The van der Waals surface area contributed by atoms with Crippen LogP contribution in [0.15, 0.2) is 12.2 Å². The zero-order valence-electron chi connectivity index (χ0n) is 21.7. The van der Waals surface area contributed by atoms with Crippen LogP contribution < -0.4 is 0 Å². The fourth-order valence-corrected chi connectivity index (χ4v) is 3.96. The Morgan fingerprint density at radius 2 is 1.09 bits per heavy atom. The predicted octanol–water partition coefficient (Wildman–Crippen LogP) is 6.48. The van der Waals surface area contributed by atoms with E-state index in [9.17, 15) is 20.1 Å². The quantitative estimate of drug-likeness (QED) is 0.0854. The Kier molecular flexibility index (Phi) is 22.2. The van der Waals surface area contributed by atoms with Crippen molar-refractivity contribution in [2.75, 3.05) is 19.8 Å². The summed E-state index contributed by atoms with van der Waals surface area (Å²) in [5.74, 6) is -0.330. The van der Waals surface area contributed by atoms with Gasteiger partial charge in [-0.25, -0.2) is 0 Å². The van der Waals surface area contributed by atoms with Gasteiger partial charge in [0.05, 0.1) is 25.2 Å². The molecule has 0 saturated carbocycles. The van der Waals surface area contributed by atoms with E-state index in [1.165, 1.54) is 89.9 Å². The Morgan fingerprint density at radius 1 is 0.697 bits per heavy atom. The van der Waals surface area contributed by atoms with Gasteiger partial charge in [-0.1, -0.05) is 96.1 Å². The number of hydrogen-bond acceptors (Lipinski definition) is 5. The van der Waals surface area contributed by atoms with E-state index in [4.69, 9.17) is 4.74 Å². The van der Waals surface area contributed by atoms with Crippen molar-refractivity contribution >= 4 is 5.97 Å². The number of esters is 1. The number of unbranched alkanes of at least 4 members (excludes halogenated alkanes) is 15. The van der Waals surface area contributed by atoms with Gasteiger partial charge in [-0.15, -0.1) is 0 Å². The molecule has 1 atom stereocenters. The van der Waals surface area contributed by atoms with Crippen molar-refractivity contribution in [2.24, 2.45) is 5.41 Å². The molecular formula is C28H54O5. The number of rotatable bonds is 24. The number of aliphatic hydroxyl groups is 3. The minimum absolute atomic E-state index is 0.330. The molecule has 0 bridgehead atoms. The maximum atomic E-state index is 12.0. The van der Waals surface area contributed by atoms with Crippen molar-refractivity contribution in [3.8, 4) is 0 Å². The van der Waals surface area contributed by atoms with E-state index in [0.717, 1.165) is 19.3 Å². The van der Waals surface area contributed by atoms with Crippen LogP contribution in [0, 0.1) is 5.41 Å². The van der Waals surface area contributed by atoms with E-state index in [1.54, 1.807) is 6.92 Å². The molecule has 0 aromatic carbocycles. The first-order chi connectivity index (χ1) is 16.1. The van der Waals surface area contributed by atoms with E-state index < -0.39 is 31.3 Å². The maximum Gasteiger partial charge on any atom is 0.306 e. The summed E-state index contributed by atoms with van der Waals surface area (Å²) in [5, 5.41) is 28.2. The number of hydrogen-bond donors (Lipinski definition) is 3. The third-order valence-corrected chi connectivity index (χ3v) is 6.76. The lowest BCUT2D eigenvalue weighted by Crippen LogP contribution is -2.45. The van der Waals surface area contributed by atoms with Crippen LogP contribution in [0.2, 0.25) is 0 Å². The van der Waals surface area contributed by atoms with E-state index in [-0.39, 0.29) is 5.97 Å². The number of aliphatic hydroxyl groups excluding tert-OH is 3. The monoisotopic (exact) mass is 470 g/mol. The zero-order chi connectivity index (χ0) is 24.6.